The first-order chi connectivity index (χ1) is 7.09. The molecule has 0 bridgehead atoms. The molecule has 0 fully saturated rings. The average Bonchev–Trinajstić information content (AvgIpc) is 2.73. The highest BCUT2D eigenvalue weighted by Gasteiger charge is 2.13. The zero-order chi connectivity index (χ0) is 11.0. The summed E-state index contributed by atoms with van der Waals surface area (Å²) in [5, 5.41) is 10.4. The summed E-state index contributed by atoms with van der Waals surface area (Å²) in [6, 6.07) is 0. The van der Waals surface area contributed by atoms with Gasteiger partial charge in [-0.2, -0.15) is 19.0 Å². The summed E-state index contributed by atoms with van der Waals surface area (Å²) >= 11 is 0. The standard InChI is InChI=1S/C9H10F2N4/c1-5-8(6(2)14-13-5)7-3-12-15(4-7)9(10)11/h3-4,9H,1-2H3,(H,13,14). The fourth-order valence-corrected chi connectivity index (χ4v) is 1.55. The Morgan fingerprint density at radius 2 is 2.13 bits per heavy atom. The molecule has 0 spiro atoms. The van der Waals surface area contributed by atoms with E-state index >= 15 is 0 Å². The van der Waals surface area contributed by atoms with Crippen molar-refractivity contribution in [1.82, 2.24) is 20.0 Å². The zero-order valence-electron chi connectivity index (χ0n) is 8.33. The molecule has 4 nitrogen and oxygen atoms in total. The quantitative estimate of drug-likeness (QED) is 0.830. The summed E-state index contributed by atoms with van der Waals surface area (Å²) in [7, 11) is 0. The number of aromatic amines is 1. The summed E-state index contributed by atoms with van der Waals surface area (Å²) in [5.41, 5.74) is 3.11. The third kappa shape index (κ3) is 1.62. The van der Waals surface area contributed by atoms with Crippen LogP contribution in [0.1, 0.15) is 17.9 Å². The van der Waals surface area contributed by atoms with Gasteiger partial charge in [-0.05, 0) is 13.8 Å². The first-order valence-corrected chi connectivity index (χ1v) is 4.44. The van der Waals surface area contributed by atoms with Crippen molar-refractivity contribution in [2.24, 2.45) is 0 Å². The summed E-state index contributed by atoms with van der Waals surface area (Å²) in [6.07, 6.45) is 2.73. The summed E-state index contributed by atoms with van der Waals surface area (Å²) in [5.74, 6) is 0. The molecular formula is C9H10F2N4. The molecule has 0 saturated carbocycles. The highest BCUT2D eigenvalue weighted by molar-refractivity contribution is 5.66. The molecule has 0 saturated heterocycles. The molecule has 2 rings (SSSR count). The van der Waals surface area contributed by atoms with E-state index in [0.717, 1.165) is 17.0 Å². The molecule has 1 N–H and O–H groups in total. The van der Waals surface area contributed by atoms with Crippen molar-refractivity contribution >= 4 is 0 Å². The Hall–Kier alpha value is -1.72. The van der Waals surface area contributed by atoms with Crippen molar-refractivity contribution in [3.05, 3.63) is 23.8 Å². The monoisotopic (exact) mass is 212 g/mol. The maximum Gasteiger partial charge on any atom is 0.333 e. The van der Waals surface area contributed by atoms with Crippen LogP contribution < -0.4 is 0 Å². The van der Waals surface area contributed by atoms with Gasteiger partial charge in [-0.25, -0.2) is 4.68 Å². The van der Waals surface area contributed by atoms with Gasteiger partial charge in [-0.1, -0.05) is 0 Å². The number of hydrogen-bond acceptors (Lipinski definition) is 2. The largest absolute Gasteiger partial charge is 0.333 e. The number of nitrogens with one attached hydrogen (secondary N) is 1. The molecule has 0 atom stereocenters. The molecule has 0 aliphatic heterocycles. The Balaban J connectivity index is 2.46. The smallest absolute Gasteiger partial charge is 0.282 e. The first-order valence-electron chi connectivity index (χ1n) is 4.44. The summed E-state index contributed by atoms with van der Waals surface area (Å²) in [4.78, 5) is 0. The maximum atomic E-state index is 12.3. The second-order valence-electron chi connectivity index (χ2n) is 3.30. The molecule has 6 heteroatoms. The van der Waals surface area contributed by atoms with E-state index in [1.807, 2.05) is 13.8 Å². The van der Waals surface area contributed by atoms with Gasteiger partial charge in [0.25, 0.3) is 0 Å². The molecule has 0 aliphatic rings. The number of alkyl halides is 2. The lowest BCUT2D eigenvalue weighted by Crippen LogP contribution is -1.96. The van der Waals surface area contributed by atoms with E-state index in [4.69, 9.17) is 0 Å². The predicted molar refractivity (Wildman–Crippen MR) is 50.5 cm³/mol. The molecule has 15 heavy (non-hydrogen) atoms. The van der Waals surface area contributed by atoms with Gasteiger partial charge in [0.15, 0.2) is 0 Å². The molecular weight excluding hydrogens is 202 g/mol. The Morgan fingerprint density at radius 3 is 2.60 bits per heavy atom. The van der Waals surface area contributed by atoms with Gasteiger partial charge in [-0.3, -0.25) is 5.10 Å². The third-order valence-corrected chi connectivity index (χ3v) is 2.22. The van der Waals surface area contributed by atoms with Gasteiger partial charge in [0, 0.05) is 23.0 Å². The molecule has 2 heterocycles. The number of rotatable bonds is 2. The van der Waals surface area contributed by atoms with Crippen molar-refractivity contribution in [2.75, 3.05) is 0 Å². The number of nitrogens with zero attached hydrogens (tertiary/aromatic N) is 3. The van der Waals surface area contributed by atoms with Gasteiger partial charge >= 0.3 is 6.55 Å². The van der Waals surface area contributed by atoms with E-state index in [0.29, 0.717) is 10.2 Å². The van der Waals surface area contributed by atoms with E-state index in [1.54, 1.807) is 0 Å². The number of halogens is 2. The van der Waals surface area contributed by atoms with Gasteiger partial charge < -0.3 is 0 Å². The zero-order valence-corrected chi connectivity index (χ0v) is 8.33. The fraction of sp³-hybridized carbons (Fsp3) is 0.333. The molecule has 0 aliphatic carbocycles. The topological polar surface area (TPSA) is 46.5 Å². The Kier molecular flexibility index (Phi) is 2.26. The third-order valence-electron chi connectivity index (χ3n) is 2.22. The molecule has 0 unspecified atom stereocenters. The van der Waals surface area contributed by atoms with Crippen molar-refractivity contribution in [3.8, 4) is 11.1 Å². The number of aryl methyl sites for hydroxylation is 2. The van der Waals surface area contributed by atoms with Crippen LogP contribution >= 0.6 is 0 Å². The number of aromatic nitrogens is 4. The number of H-pyrrole nitrogens is 1. The van der Waals surface area contributed by atoms with Crippen LogP contribution in [0.4, 0.5) is 8.78 Å². The molecule has 0 amide bonds. The fourth-order valence-electron chi connectivity index (χ4n) is 1.55. The normalized spacial score (nSPS) is 11.3. The van der Waals surface area contributed by atoms with Crippen molar-refractivity contribution < 1.29 is 8.78 Å². The number of hydrogen-bond donors (Lipinski definition) is 1. The second-order valence-corrected chi connectivity index (χ2v) is 3.30. The lowest BCUT2D eigenvalue weighted by atomic mass is 10.1. The van der Waals surface area contributed by atoms with Crippen LogP contribution in [0.5, 0.6) is 0 Å². The average molecular weight is 212 g/mol. The minimum Gasteiger partial charge on any atom is -0.282 e. The summed E-state index contributed by atoms with van der Waals surface area (Å²) in [6.45, 7) is 1.06. The summed E-state index contributed by atoms with van der Waals surface area (Å²) < 4.78 is 25.2. The second kappa shape index (κ2) is 3.45. The van der Waals surface area contributed by atoms with Crippen LogP contribution in [-0.4, -0.2) is 20.0 Å². The predicted octanol–water partition coefficient (Wildman–Crippen LogP) is 2.29. The van der Waals surface area contributed by atoms with Crippen LogP contribution in [0.3, 0.4) is 0 Å². The Morgan fingerprint density at radius 1 is 1.40 bits per heavy atom. The van der Waals surface area contributed by atoms with Gasteiger partial charge in [0.1, 0.15) is 0 Å². The van der Waals surface area contributed by atoms with Crippen molar-refractivity contribution in [1.29, 1.82) is 0 Å². The highest BCUT2D eigenvalue weighted by Crippen LogP contribution is 2.25. The maximum absolute atomic E-state index is 12.3. The van der Waals surface area contributed by atoms with E-state index in [2.05, 4.69) is 15.3 Å². The van der Waals surface area contributed by atoms with Gasteiger partial charge in [0.2, 0.25) is 0 Å². The van der Waals surface area contributed by atoms with Crippen LogP contribution in [0.15, 0.2) is 12.4 Å². The molecule has 0 radical (unpaired) electrons. The van der Waals surface area contributed by atoms with E-state index < -0.39 is 6.55 Å². The van der Waals surface area contributed by atoms with E-state index in [9.17, 15) is 8.78 Å². The lowest BCUT2D eigenvalue weighted by molar-refractivity contribution is 0.0566. The molecule has 2 aromatic rings. The Labute approximate surface area is 84.9 Å². The first kappa shape index (κ1) is 9.82. The highest BCUT2D eigenvalue weighted by atomic mass is 19.3. The van der Waals surface area contributed by atoms with Crippen LogP contribution in [0, 0.1) is 13.8 Å². The van der Waals surface area contributed by atoms with Gasteiger partial charge in [0.05, 0.1) is 11.9 Å². The molecule has 0 aromatic carbocycles. The molecule has 2 aromatic heterocycles. The lowest BCUT2D eigenvalue weighted by Gasteiger charge is -1.97. The van der Waals surface area contributed by atoms with E-state index in [1.165, 1.54) is 12.4 Å². The van der Waals surface area contributed by atoms with Crippen LogP contribution in [0.2, 0.25) is 0 Å². The van der Waals surface area contributed by atoms with Crippen LogP contribution in [-0.2, 0) is 0 Å². The van der Waals surface area contributed by atoms with Crippen molar-refractivity contribution in [2.45, 2.75) is 20.4 Å². The molecule has 80 valence electrons. The SMILES string of the molecule is Cc1n[nH]c(C)c1-c1cnn(C(F)F)c1. The van der Waals surface area contributed by atoms with E-state index in [-0.39, 0.29) is 0 Å². The van der Waals surface area contributed by atoms with Crippen LogP contribution in [0.25, 0.3) is 11.1 Å². The van der Waals surface area contributed by atoms with Gasteiger partial charge in [-0.15, -0.1) is 0 Å². The van der Waals surface area contributed by atoms with Crippen molar-refractivity contribution in [3.63, 3.8) is 0 Å². The minimum absolute atomic E-state index is 0.626. The Bertz CT molecular complexity index is 453. The minimum atomic E-state index is -2.61.